The van der Waals surface area contributed by atoms with Gasteiger partial charge in [-0.1, -0.05) is 11.6 Å². The van der Waals surface area contributed by atoms with Gasteiger partial charge in [-0.2, -0.15) is 30.1 Å². The van der Waals surface area contributed by atoms with Crippen LogP contribution in [0.1, 0.15) is 36.8 Å². The molecular formula is C25H24ClN11O2. The predicted molar refractivity (Wildman–Crippen MR) is 142 cm³/mol. The van der Waals surface area contributed by atoms with Crippen molar-refractivity contribution >= 4 is 52.3 Å². The molecular weight excluding hydrogens is 522 g/mol. The Hall–Kier alpha value is -4.46. The molecule has 198 valence electrons. The molecule has 13 nitrogen and oxygen atoms in total. The summed E-state index contributed by atoms with van der Waals surface area (Å²) < 4.78 is 1.50. The molecule has 2 aromatic heterocycles. The van der Waals surface area contributed by atoms with Crippen molar-refractivity contribution in [2.75, 3.05) is 41.7 Å². The van der Waals surface area contributed by atoms with Crippen molar-refractivity contribution in [3.8, 4) is 12.1 Å². The molecule has 3 aromatic rings. The number of anilines is 4. The number of piperidine rings is 1. The van der Waals surface area contributed by atoms with Crippen LogP contribution in [0.2, 0.25) is 5.02 Å². The SMILES string of the molecule is N#Cc1cc(Nc2nc(NC3CC3)n3ncc(C#N)c3n2)c(Cl)c(N2CCN(C3CCC(=O)NC3=O)CC2)c1. The van der Waals surface area contributed by atoms with Crippen LogP contribution >= 0.6 is 11.6 Å². The Morgan fingerprint density at radius 3 is 2.54 bits per heavy atom. The lowest BCUT2D eigenvalue weighted by atomic mass is 10.0. The molecule has 1 aromatic carbocycles. The quantitative estimate of drug-likeness (QED) is 0.386. The highest BCUT2D eigenvalue weighted by atomic mass is 35.5. The lowest BCUT2D eigenvalue weighted by Gasteiger charge is -2.40. The van der Waals surface area contributed by atoms with Crippen LogP contribution in [-0.2, 0) is 9.59 Å². The Balaban J connectivity index is 1.26. The van der Waals surface area contributed by atoms with Crippen LogP contribution in [-0.4, -0.2) is 74.6 Å². The highest BCUT2D eigenvalue weighted by Crippen LogP contribution is 2.37. The van der Waals surface area contributed by atoms with E-state index in [9.17, 15) is 20.1 Å². The number of nitriles is 2. The standard InChI is InChI=1S/C25H24ClN11O2/c26-21-17(31-24-33-22-15(12-28)13-29-37(22)25(34-24)30-16-1-2-16)9-14(11-27)10-19(21)36-7-5-35(6-8-36)18-3-4-20(38)32-23(18)39/h9-10,13,16,18H,1-8H2,(H,32,38,39)(H2,30,31,33,34). The topological polar surface area (TPSA) is 167 Å². The second-order valence-electron chi connectivity index (χ2n) is 9.78. The molecule has 4 heterocycles. The van der Waals surface area contributed by atoms with E-state index in [1.807, 2.05) is 0 Å². The molecule has 2 amide bonds. The Morgan fingerprint density at radius 2 is 1.85 bits per heavy atom. The van der Waals surface area contributed by atoms with Crippen LogP contribution < -0.4 is 20.9 Å². The average molecular weight is 546 g/mol. The molecule has 14 heteroatoms. The minimum absolute atomic E-state index is 0.216. The van der Waals surface area contributed by atoms with E-state index in [0.717, 1.165) is 12.8 Å². The largest absolute Gasteiger partial charge is 0.368 e. The maximum absolute atomic E-state index is 12.3. The van der Waals surface area contributed by atoms with E-state index in [-0.39, 0.29) is 23.8 Å². The number of carbonyl (C=O) groups is 2. The zero-order chi connectivity index (χ0) is 27.1. The van der Waals surface area contributed by atoms with Crippen LogP contribution in [0.4, 0.5) is 23.3 Å². The number of benzene rings is 1. The molecule has 1 unspecified atom stereocenters. The van der Waals surface area contributed by atoms with Crippen molar-refractivity contribution < 1.29 is 9.59 Å². The van der Waals surface area contributed by atoms with Gasteiger partial charge in [0, 0.05) is 38.6 Å². The second kappa shape index (κ2) is 10.0. The number of nitrogens with zero attached hydrogens (tertiary/aromatic N) is 8. The predicted octanol–water partition coefficient (Wildman–Crippen LogP) is 1.77. The Labute approximate surface area is 228 Å². The smallest absolute Gasteiger partial charge is 0.243 e. The van der Waals surface area contributed by atoms with Crippen molar-refractivity contribution in [2.45, 2.75) is 37.8 Å². The van der Waals surface area contributed by atoms with E-state index in [1.165, 1.54) is 10.7 Å². The lowest BCUT2D eigenvalue weighted by Crippen LogP contribution is -2.57. The minimum Gasteiger partial charge on any atom is -0.368 e. The van der Waals surface area contributed by atoms with Gasteiger partial charge in [0.2, 0.25) is 23.7 Å². The molecule has 3 fully saturated rings. The highest BCUT2D eigenvalue weighted by Gasteiger charge is 2.34. The third-order valence-corrected chi connectivity index (χ3v) is 7.53. The van der Waals surface area contributed by atoms with Gasteiger partial charge in [-0.05, 0) is 31.4 Å². The molecule has 2 aliphatic heterocycles. The van der Waals surface area contributed by atoms with E-state index in [1.54, 1.807) is 12.1 Å². The molecule has 1 saturated carbocycles. The number of nitrogens with one attached hydrogen (secondary N) is 3. The van der Waals surface area contributed by atoms with E-state index < -0.39 is 0 Å². The van der Waals surface area contributed by atoms with Gasteiger partial charge in [0.05, 0.1) is 40.3 Å². The normalized spacial score (nSPS) is 19.9. The van der Waals surface area contributed by atoms with Crippen molar-refractivity contribution in [3.63, 3.8) is 0 Å². The van der Waals surface area contributed by atoms with Crippen LogP contribution in [0.15, 0.2) is 18.3 Å². The Bertz CT molecular complexity index is 1560. The summed E-state index contributed by atoms with van der Waals surface area (Å²) in [6.45, 7) is 2.39. The van der Waals surface area contributed by atoms with Crippen molar-refractivity contribution in [1.29, 1.82) is 10.5 Å². The zero-order valence-corrected chi connectivity index (χ0v) is 21.6. The van der Waals surface area contributed by atoms with E-state index in [2.05, 4.69) is 53.0 Å². The molecule has 1 aliphatic carbocycles. The summed E-state index contributed by atoms with van der Waals surface area (Å²) in [5.41, 5.74) is 2.21. The van der Waals surface area contributed by atoms with Crippen LogP contribution in [0.25, 0.3) is 5.65 Å². The number of imide groups is 1. The first kappa shape index (κ1) is 24.9. The maximum Gasteiger partial charge on any atom is 0.243 e. The summed E-state index contributed by atoms with van der Waals surface area (Å²) in [4.78, 5) is 37.0. The molecule has 3 N–H and O–H groups in total. The molecule has 1 atom stereocenters. The first-order valence-electron chi connectivity index (χ1n) is 12.7. The molecule has 0 spiro atoms. The number of carbonyl (C=O) groups excluding carboxylic acids is 2. The minimum atomic E-state index is -0.324. The maximum atomic E-state index is 12.3. The van der Waals surface area contributed by atoms with Crippen molar-refractivity contribution in [2.24, 2.45) is 0 Å². The zero-order valence-electron chi connectivity index (χ0n) is 20.8. The summed E-state index contributed by atoms with van der Waals surface area (Å²) in [5, 5.41) is 32.8. The van der Waals surface area contributed by atoms with Gasteiger partial charge >= 0.3 is 0 Å². The molecule has 0 bridgehead atoms. The van der Waals surface area contributed by atoms with Crippen LogP contribution in [0.5, 0.6) is 0 Å². The van der Waals surface area contributed by atoms with Crippen LogP contribution in [0, 0.1) is 22.7 Å². The first-order chi connectivity index (χ1) is 18.9. The fraction of sp³-hybridized carbons (Fsp3) is 0.400. The molecule has 2 saturated heterocycles. The van der Waals surface area contributed by atoms with Gasteiger partial charge in [0.1, 0.15) is 11.6 Å². The average Bonchev–Trinajstić information content (AvgIpc) is 3.65. The van der Waals surface area contributed by atoms with Gasteiger partial charge in [-0.15, -0.1) is 0 Å². The lowest BCUT2D eigenvalue weighted by molar-refractivity contribution is -0.137. The fourth-order valence-electron chi connectivity index (χ4n) is 4.94. The number of aromatic nitrogens is 4. The van der Waals surface area contributed by atoms with Crippen molar-refractivity contribution in [1.82, 2.24) is 29.8 Å². The number of hydrogen-bond acceptors (Lipinski definition) is 11. The molecule has 39 heavy (non-hydrogen) atoms. The summed E-state index contributed by atoms with van der Waals surface area (Å²) >= 11 is 6.87. The monoisotopic (exact) mass is 545 g/mol. The summed E-state index contributed by atoms with van der Waals surface area (Å²) in [7, 11) is 0. The highest BCUT2D eigenvalue weighted by molar-refractivity contribution is 6.36. The number of amides is 2. The third kappa shape index (κ3) is 4.90. The number of rotatable bonds is 6. The summed E-state index contributed by atoms with van der Waals surface area (Å²) in [5.74, 6) is 0.198. The second-order valence-corrected chi connectivity index (χ2v) is 10.2. The van der Waals surface area contributed by atoms with Gasteiger partial charge in [0.25, 0.3) is 0 Å². The number of halogens is 1. The van der Waals surface area contributed by atoms with Crippen LogP contribution in [0.3, 0.4) is 0 Å². The molecule has 3 aliphatic rings. The van der Waals surface area contributed by atoms with Gasteiger partial charge < -0.3 is 15.5 Å². The van der Waals surface area contributed by atoms with E-state index >= 15 is 0 Å². The number of hydrogen-bond donors (Lipinski definition) is 3. The first-order valence-corrected chi connectivity index (χ1v) is 13.1. The fourth-order valence-corrected chi connectivity index (χ4v) is 5.21. The summed E-state index contributed by atoms with van der Waals surface area (Å²) in [6, 6.07) is 7.63. The number of piperazine rings is 1. The Morgan fingerprint density at radius 1 is 1.05 bits per heavy atom. The third-order valence-electron chi connectivity index (χ3n) is 7.13. The molecule has 0 radical (unpaired) electrons. The molecule has 6 rings (SSSR count). The van der Waals surface area contributed by atoms with E-state index in [0.29, 0.717) is 84.2 Å². The number of fused-ring (bicyclic) bond motifs is 1. The van der Waals surface area contributed by atoms with Gasteiger partial charge in [-0.3, -0.25) is 19.8 Å². The Kier molecular flexibility index (Phi) is 6.38. The van der Waals surface area contributed by atoms with Crippen molar-refractivity contribution in [3.05, 3.63) is 34.5 Å². The van der Waals surface area contributed by atoms with Gasteiger partial charge in [-0.25, -0.2) is 0 Å². The van der Waals surface area contributed by atoms with E-state index in [4.69, 9.17) is 11.6 Å². The van der Waals surface area contributed by atoms with Gasteiger partial charge in [0.15, 0.2) is 5.65 Å². The summed E-state index contributed by atoms with van der Waals surface area (Å²) in [6.07, 6.45) is 4.34.